The number of fused-ring (bicyclic) bond motifs is 2. The molecule has 2 saturated carbocycles. The Hall–Kier alpha value is -0.970. The molecule has 26 heavy (non-hydrogen) atoms. The molecule has 144 valence electrons. The molecule has 3 nitrogen and oxygen atoms in total. The van der Waals surface area contributed by atoms with Gasteiger partial charge in [-0.25, -0.2) is 4.39 Å². The topological polar surface area (TPSA) is 24.5 Å². The van der Waals surface area contributed by atoms with Crippen molar-refractivity contribution in [3.05, 3.63) is 35.6 Å². The maximum atomic E-state index is 14.5. The van der Waals surface area contributed by atoms with Gasteiger partial charge in [-0.1, -0.05) is 24.6 Å². The molecular formula is C22H33FN2O. The van der Waals surface area contributed by atoms with Crippen molar-refractivity contribution in [2.45, 2.75) is 50.7 Å². The summed E-state index contributed by atoms with van der Waals surface area (Å²) < 4.78 is 20.0. The van der Waals surface area contributed by atoms with Crippen LogP contribution in [0.4, 0.5) is 4.39 Å². The number of halogens is 1. The number of piperidine rings is 1. The van der Waals surface area contributed by atoms with E-state index in [0.717, 1.165) is 56.4 Å². The average Bonchev–Trinajstić information content (AvgIpc) is 3.30. The summed E-state index contributed by atoms with van der Waals surface area (Å²) in [7, 11) is 1.82. The fourth-order valence-corrected chi connectivity index (χ4v) is 5.67. The molecule has 1 heterocycles. The van der Waals surface area contributed by atoms with Crippen LogP contribution in [0.25, 0.3) is 0 Å². The van der Waals surface area contributed by atoms with E-state index in [9.17, 15) is 4.39 Å². The molecule has 0 amide bonds. The van der Waals surface area contributed by atoms with Crippen LogP contribution in [0.1, 0.15) is 50.1 Å². The van der Waals surface area contributed by atoms with Crippen molar-refractivity contribution in [2.24, 2.45) is 17.8 Å². The van der Waals surface area contributed by atoms with Gasteiger partial charge in [-0.05, 0) is 55.9 Å². The first kappa shape index (κ1) is 18.4. The average molecular weight is 361 g/mol. The minimum Gasteiger partial charge on any atom is -0.381 e. The standard InChI is InChI=1S/C22H33FN2O/c1-26-18-8-11-25(12-9-18)13-10-24-22(19-4-2-3-5-21(19)23)20-15-16-6-7-17(20)14-16/h2-5,16-18,20,22,24H,6-15H2,1H3/t16-,17-,20+,22-/m0/s1. The molecule has 1 aromatic rings. The Morgan fingerprint density at radius 3 is 2.62 bits per heavy atom. The lowest BCUT2D eigenvalue weighted by Crippen LogP contribution is -2.42. The van der Waals surface area contributed by atoms with Crippen molar-refractivity contribution in [1.82, 2.24) is 10.2 Å². The van der Waals surface area contributed by atoms with Crippen LogP contribution in [-0.2, 0) is 4.74 Å². The van der Waals surface area contributed by atoms with Crippen LogP contribution < -0.4 is 5.32 Å². The van der Waals surface area contributed by atoms with Crippen molar-refractivity contribution in [1.29, 1.82) is 0 Å². The highest BCUT2D eigenvalue weighted by molar-refractivity contribution is 5.23. The maximum absolute atomic E-state index is 14.5. The zero-order valence-corrected chi connectivity index (χ0v) is 16.0. The fraction of sp³-hybridized carbons (Fsp3) is 0.727. The zero-order chi connectivity index (χ0) is 17.9. The van der Waals surface area contributed by atoms with E-state index in [1.165, 1.54) is 25.7 Å². The number of nitrogens with one attached hydrogen (secondary N) is 1. The van der Waals surface area contributed by atoms with Crippen molar-refractivity contribution >= 4 is 0 Å². The van der Waals surface area contributed by atoms with E-state index in [-0.39, 0.29) is 11.9 Å². The van der Waals surface area contributed by atoms with Gasteiger partial charge in [-0.15, -0.1) is 0 Å². The van der Waals surface area contributed by atoms with Crippen molar-refractivity contribution < 1.29 is 9.13 Å². The lowest BCUT2D eigenvalue weighted by molar-refractivity contribution is 0.0410. The van der Waals surface area contributed by atoms with E-state index >= 15 is 0 Å². The van der Waals surface area contributed by atoms with Gasteiger partial charge in [0.25, 0.3) is 0 Å². The third-order valence-electron chi connectivity index (χ3n) is 7.12. The molecule has 1 aliphatic heterocycles. The first-order valence-electron chi connectivity index (χ1n) is 10.5. The molecule has 3 fully saturated rings. The van der Waals surface area contributed by atoms with E-state index < -0.39 is 0 Å². The third-order valence-corrected chi connectivity index (χ3v) is 7.12. The molecule has 0 spiro atoms. The van der Waals surface area contributed by atoms with Crippen LogP contribution in [0.15, 0.2) is 24.3 Å². The first-order chi connectivity index (χ1) is 12.7. The SMILES string of the molecule is COC1CCN(CCN[C@@H](c2ccccc2F)[C@@H]2C[C@H]3CC[C@H]2C3)CC1. The Morgan fingerprint density at radius 2 is 1.96 bits per heavy atom. The number of hydrogen-bond donors (Lipinski definition) is 1. The summed E-state index contributed by atoms with van der Waals surface area (Å²) in [5.74, 6) is 2.22. The normalized spacial score (nSPS) is 30.8. The van der Waals surface area contributed by atoms with Crippen LogP contribution in [0.3, 0.4) is 0 Å². The van der Waals surface area contributed by atoms with E-state index in [1.807, 2.05) is 19.2 Å². The number of nitrogens with zero attached hydrogens (tertiary/aromatic N) is 1. The summed E-state index contributed by atoms with van der Waals surface area (Å²) >= 11 is 0. The van der Waals surface area contributed by atoms with Gasteiger partial charge < -0.3 is 15.0 Å². The van der Waals surface area contributed by atoms with Crippen molar-refractivity contribution in [2.75, 3.05) is 33.3 Å². The highest BCUT2D eigenvalue weighted by Crippen LogP contribution is 2.52. The van der Waals surface area contributed by atoms with E-state index in [1.54, 1.807) is 12.1 Å². The largest absolute Gasteiger partial charge is 0.381 e. The smallest absolute Gasteiger partial charge is 0.127 e. The van der Waals surface area contributed by atoms with Crippen LogP contribution in [0.5, 0.6) is 0 Å². The summed E-state index contributed by atoms with van der Waals surface area (Å²) in [5, 5.41) is 3.76. The van der Waals surface area contributed by atoms with Gasteiger partial charge in [-0.2, -0.15) is 0 Å². The molecule has 1 saturated heterocycles. The molecule has 2 bridgehead atoms. The summed E-state index contributed by atoms with van der Waals surface area (Å²) in [6.45, 7) is 4.20. The van der Waals surface area contributed by atoms with Crippen LogP contribution in [0, 0.1) is 23.6 Å². The van der Waals surface area contributed by atoms with Crippen LogP contribution >= 0.6 is 0 Å². The third kappa shape index (κ3) is 3.97. The molecule has 1 aromatic carbocycles. The predicted octanol–water partition coefficient (Wildman–Crippen LogP) is 4.00. The highest BCUT2D eigenvalue weighted by Gasteiger charge is 2.43. The highest BCUT2D eigenvalue weighted by atomic mass is 19.1. The molecule has 0 radical (unpaired) electrons. The summed E-state index contributed by atoms with van der Waals surface area (Å²) in [4.78, 5) is 2.52. The van der Waals surface area contributed by atoms with Gasteiger partial charge in [0.2, 0.25) is 0 Å². The summed E-state index contributed by atoms with van der Waals surface area (Å²) in [5.41, 5.74) is 0.878. The minimum atomic E-state index is -0.0475. The van der Waals surface area contributed by atoms with Crippen molar-refractivity contribution in [3.63, 3.8) is 0 Å². The second-order valence-electron chi connectivity index (χ2n) is 8.57. The molecule has 0 unspecified atom stereocenters. The van der Waals surface area contributed by atoms with Gasteiger partial charge in [0.1, 0.15) is 5.82 Å². The Balaban J connectivity index is 1.37. The summed E-state index contributed by atoms with van der Waals surface area (Å²) in [6, 6.07) is 7.56. The van der Waals surface area contributed by atoms with Crippen LogP contribution in [0.2, 0.25) is 0 Å². The Labute approximate surface area is 157 Å². The second kappa shape index (κ2) is 8.37. The number of hydrogen-bond acceptors (Lipinski definition) is 3. The molecule has 4 heteroatoms. The molecule has 2 aliphatic carbocycles. The van der Waals surface area contributed by atoms with E-state index in [0.29, 0.717) is 12.0 Å². The van der Waals surface area contributed by atoms with Gasteiger partial charge in [0.05, 0.1) is 6.10 Å². The summed E-state index contributed by atoms with van der Waals surface area (Å²) in [6.07, 6.45) is 8.04. The number of rotatable bonds is 7. The Kier molecular flexibility index (Phi) is 5.92. The monoisotopic (exact) mass is 360 g/mol. The first-order valence-corrected chi connectivity index (χ1v) is 10.5. The molecule has 3 aliphatic rings. The number of benzene rings is 1. The molecule has 4 rings (SSSR count). The van der Waals surface area contributed by atoms with Gasteiger partial charge in [0, 0.05) is 44.9 Å². The number of ether oxygens (including phenoxy) is 1. The Morgan fingerprint density at radius 1 is 1.15 bits per heavy atom. The van der Waals surface area contributed by atoms with Gasteiger partial charge in [-0.3, -0.25) is 0 Å². The fourth-order valence-electron chi connectivity index (χ4n) is 5.67. The van der Waals surface area contributed by atoms with Crippen molar-refractivity contribution in [3.8, 4) is 0 Å². The minimum absolute atomic E-state index is 0.0475. The van der Waals surface area contributed by atoms with E-state index in [4.69, 9.17) is 4.74 Å². The molecule has 4 atom stereocenters. The zero-order valence-electron chi connectivity index (χ0n) is 16.0. The van der Waals surface area contributed by atoms with Crippen LogP contribution in [-0.4, -0.2) is 44.3 Å². The second-order valence-corrected chi connectivity index (χ2v) is 8.57. The molecule has 0 aromatic heterocycles. The lowest BCUT2D eigenvalue weighted by atomic mass is 9.80. The number of methoxy groups -OCH3 is 1. The van der Waals surface area contributed by atoms with Gasteiger partial charge in [0.15, 0.2) is 0 Å². The number of likely N-dealkylation sites (tertiary alicyclic amines) is 1. The maximum Gasteiger partial charge on any atom is 0.127 e. The molecular weight excluding hydrogens is 327 g/mol. The quantitative estimate of drug-likeness (QED) is 0.795. The molecule has 1 N–H and O–H groups in total. The lowest BCUT2D eigenvalue weighted by Gasteiger charge is -2.34. The Bertz CT molecular complexity index is 587. The van der Waals surface area contributed by atoms with Gasteiger partial charge >= 0.3 is 0 Å². The predicted molar refractivity (Wildman–Crippen MR) is 103 cm³/mol. The van der Waals surface area contributed by atoms with E-state index in [2.05, 4.69) is 10.2 Å².